The van der Waals surface area contributed by atoms with E-state index >= 15 is 0 Å². The topological polar surface area (TPSA) is 76.6 Å². The first kappa shape index (κ1) is 13.3. The number of hydrogen-bond acceptors (Lipinski definition) is 5. The lowest BCUT2D eigenvalue weighted by atomic mass is 9.91. The molecule has 1 saturated heterocycles. The van der Waals surface area contributed by atoms with Gasteiger partial charge in [0.25, 0.3) is 5.91 Å². The van der Waals surface area contributed by atoms with Crippen molar-refractivity contribution in [1.29, 1.82) is 0 Å². The minimum absolute atomic E-state index is 0.120. The van der Waals surface area contributed by atoms with E-state index < -0.39 is 5.60 Å². The van der Waals surface area contributed by atoms with Gasteiger partial charge in [-0.15, -0.1) is 0 Å². The van der Waals surface area contributed by atoms with Crippen LogP contribution in [0, 0.1) is 5.92 Å². The standard InChI is InChI=1S/C15H22N4O2/c1-19-4-2-15(21,3-5-19)8-16-14(20)13-11-7-9-6-10(9)12(11)17-18-13/h7,10,12,17-18,21H,2-6,8H2,1H3,(H,16,20). The summed E-state index contributed by atoms with van der Waals surface area (Å²) < 4.78 is 0. The van der Waals surface area contributed by atoms with Gasteiger partial charge in [-0.25, -0.2) is 5.43 Å². The van der Waals surface area contributed by atoms with Crippen LogP contribution >= 0.6 is 0 Å². The van der Waals surface area contributed by atoms with Gasteiger partial charge >= 0.3 is 0 Å². The molecule has 0 aromatic carbocycles. The molecule has 0 bridgehead atoms. The van der Waals surface area contributed by atoms with Crippen LogP contribution in [0.3, 0.4) is 0 Å². The molecule has 0 radical (unpaired) electrons. The van der Waals surface area contributed by atoms with Gasteiger partial charge in [-0.2, -0.15) is 0 Å². The van der Waals surface area contributed by atoms with Crippen LogP contribution in [0.2, 0.25) is 0 Å². The van der Waals surface area contributed by atoms with E-state index in [0.29, 0.717) is 31.0 Å². The van der Waals surface area contributed by atoms with Crippen LogP contribution in [0.4, 0.5) is 0 Å². The Morgan fingerprint density at radius 2 is 2.29 bits per heavy atom. The number of fused-ring (bicyclic) bond motifs is 3. The van der Waals surface area contributed by atoms with Crippen LogP contribution in [0.15, 0.2) is 22.9 Å². The summed E-state index contributed by atoms with van der Waals surface area (Å²) in [6, 6.07) is 0.271. The number of likely N-dealkylation sites (tertiary alicyclic amines) is 1. The number of carbonyl (C=O) groups excluding carboxylic acids is 1. The number of nitrogens with one attached hydrogen (secondary N) is 3. The van der Waals surface area contributed by atoms with E-state index in [1.807, 2.05) is 0 Å². The first-order valence-corrected chi connectivity index (χ1v) is 7.71. The number of hydrogen-bond donors (Lipinski definition) is 4. The zero-order valence-corrected chi connectivity index (χ0v) is 12.3. The Labute approximate surface area is 124 Å². The second-order valence-corrected chi connectivity index (χ2v) is 6.82. The van der Waals surface area contributed by atoms with Crippen LogP contribution in [-0.4, -0.2) is 54.2 Å². The Balaban J connectivity index is 1.39. The zero-order valence-electron chi connectivity index (χ0n) is 12.3. The highest BCUT2D eigenvalue weighted by Crippen LogP contribution is 2.50. The monoisotopic (exact) mass is 290 g/mol. The van der Waals surface area contributed by atoms with Gasteiger partial charge in [-0.05, 0) is 26.3 Å². The molecule has 0 aromatic heterocycles. The minimum atomic E-state index is -0.769. The van der Waals surface area contributed by atoms with E-state index in [9.17, 15) is 9.90 Å². The van der Waals surface area contributed by atoms with Crippen LogP contribution in [-0.2, 0) is 4.79 Å². The molecule has 21 heavy (non-hydrogen) atoms. The summed E-state index contributed by atoms with van der Waals surface area (Å²) in [5.41, 5.74) is 8.57. The molecule has 2 unspecified atom stereocenters. The van der Waals surface area contributed by atoms with Crippen molar-refractivity contribution in [3.8, 4) is 0 Å². The smallest absolute Gasteiger partial charge is 0.269 e. The summed E-state index contributed by atoms with van der Waals surface area (Å²) in [5.74, 6) is 0.473. The highest BCUT2D eigenvalue weighted by Gasteiger charge is 2.48. The summed E-state index contributed by atoms with van der Waals surface area (Å²) >= 11 is 0. The van der Waals surface area contributed by atoms with Gasteiger partial charge in [-0.3, -0.25) is 4.79 Å². The molecule has 2 fully saturated rings. The van der Waals surface area contributed by atoms with Crippen molar-refractivity contribution < 1.29 is 9.90 Å². The fourth-order valence-corrected chi connectivity index (χ4v) is 3.56. The van der Waals surface area contributed by atoms with Crippen molar-refractivity contribution in [3.05, 3.63) is 22.9 Å². The Morgan fingerprint density at radius 3 is 3.05 bits per heavy atom. The number of piperidine rings is 1. The quantitative estimate of drug-likeness (QED) is 0.550. The summed E-state index contributed by atoms with van der Waals surface area (Å²) in [5, 5.41) is 13.4. The lowest BCUT2D eigenvalue weighted by molar-refractivity contribution is -0.119. The normalized spacial score (nSPS) is 33.1. The molecule has 2 heterocycles. The van der Waals surface area contributed by atoms with Crippen LogP contribution in [0.1, 0.15) is 19.3 Å². The van der Waals surface area contributed by atoms with Gasteiger partial charge in [-0.1, -0.05) is 11.6 Å². The van der Waals surface area contributed by atoms with Crippen molar-refractivity contribution in [3.63, 3.8) is 0 Å². The molecule has 6 heteroatoms. The van der Waals surface area contributed by atoms with Crippen molar-refractivity contribution in [2.75, 3.05) is 26.7 Å². The van der Waals surface area contributed by atoms with Crippen LogP contribution in [0.25, 0.3) is 0 Å². The van der Waals surface area contributed by atoms with Crippen LogP contribution < -0.4 is 16.2 Å². The number of aliphatic hydroxyl groups is 1. The lowest BCUT2D eigenvalue weighted by Crippen LogP contribution is -2.50. The third-order valence-electron chi connectivity index (χ3n) is 5.21. The highest BCUT2D eigenvalue weighted by atomic mass is 16.3. The van der Waals surface area contributed by atoms with Gasteiger partial charge in [0.2, 0.25) is 0 Å². The van der Waals surface area contributed by atoms with E-state index in [0.717, 1.165) is 25.1 Å². The maximum absolute atomic E-state index is 12.3. The number of carbonyl (C=O) groups is 1. The fourth-order valence-electron chi connectivity index (χ4n) is 3.56. The number of nitrogens with zero attached hydrogens (tertiary/aromatic N) is 1. The fraction of sp³-hybridized carbons (Fsp3) is 0.667. The van der Waals surface area contributed by atoms with Gasteiger partial charge < -0.3 is 20.7 Å². The summed E-state index contributed by atoms with van der Waals surface area (Å²) in [4.78, 5) is 14.5. The molecule has 1 amide bonds. The minimum Gasteiger partial charge on any atom is -0.388 e. The number of rotatable bonds is 3. The van der Waals surface area contributed by atoms with Gasteiger partial charge in [0.1, 0.15) is 5.70 Å². The summed E-state index contributed by atoms with van der Waals surface area (Å²) in [7, 11) is 2.05. The Hall–Kier alpha value is -1.37. The SMILES string of the molecule is CN1CCC(O)(CNC(=O)C2=C3C=C4CC4C3NN2)CC1. The maximum Gasteiger partial charge on any atom is 0.269 e. The first-order valence-electron chi connectivity index (χ1n) is 7.71. The third kappa shape index (κ3) is 2.27. The zero-order chi connectivity index (χ0) is 14.6. The highest BCUT2D eigenvalue weighted by molar-refractivity contribution is 5.95. The molecule has 6 nitrogen and oxygen atoms in total. The van der Waals surface area contributed by atoms with Crippen molar-refractivity contribution in [2.24, 2.45) is 5.92 Å². The molecule has 0 aromatic rings. The molecule has 2 aliphatic carbocycles. The predicted octanol–water partition coefficient (Wildman–Crippen LogP) is -0.750. The van der Waals surface area contributed by atoms with E-state index in [-0.39, 0.29) is 11.9 Å². The molecule has 114 valence electrons. The molecular weight excluding hydrogens is 268 g/mol. The largest absolute Gasteiger partial charge is 0.388 e. The Morgan fingerprint density at radius 1 is 1.52 bits per heavy atom. The molecule has 4 rings (SSSR count). The molecule has 0 spiro atoms. The Bertz CT molecular complexity index is 546. The molecule has 4 N–H and O–H groups in total. The predicted molar refractivity (Wildman–Crippen MR) is 78.0 cm³/mol. The molecular formula is C15H22N4O2. The van der Waals surface area contributed by atoms with Crippen molar-refractivity contribution >= 4 is 5.91 Å². The Kier molecular flexibility index (Phi) is 2.89. The lowest BCUT2D eigenvalue weighted by Gasteiger charge is -2.36. The summed E-state index contributed by atoms with van der Waals surface area (Å²) in [6.07, 6.45) is 4.71. The molecule has 1 saturated carbocycles. The summed E-state index contributed by atoms with van der Waals surface area (Å²) in [6.45, 7) is 2.06. The van der Waals surface area contributed by atoms with E-state index in [1.165, 1.54) is 5.57 Å². The number of amides is 1. The van der Waals surface area contributed by atoms with Crippen LogP contribution in [0.5, 0.6) is 0 Å². The molecule has 2 aliphatic heterocycles. The average Bonchev–Trinajstić information content (AvgIpc) is 2.95. The van der Waals surface area contributed by atoms with E-state index in [4.69, 9.17) is 0 Å². The van der Waals surface area contributed by atoms with E-state index in [2.05, 4.69) is 34.2 Å². The van der Waals surface area contributed by atoms with Gasteiger partial charge in [0, 0.05) is 31.1 Å². The van der Waals surface area contributed by atoms with Crippen molar-refractivity contribution in [2.45, 2.75) is 30.9 Å². The van der Waals surface area contributed by atoms with E-state index in [1.54, 1.807) is 0 Å². The average molecular weight is 290 g/mol. The molecule has 2 atom stereocenters. The first-order chi connectivity index (χ1) is 10.1. The second-order valence-electron chi connectivity index (χ2n) is 6.82. The van der Waals surface area contributed by atoms with Gasteiger partial charge in [0.05, 0.1) is 11.6 Å². The third-order valence-corrected chi connectivity index (χ3v) is 5.21. The second kappa shape index (κ2) is 4.56. The van der Waals surface area contributed by atoms with Crippen molar-refractivity contribution in [1.82, 2.24) is 21.1 Å². The van der Waals surface area contributed by atoms with Gasteiger partial charge in [0.15, 0.2) is 0 Å². The number of hydrazine groups is 1. The molecule has 4 aliphatic rings. The maximum atomic E-state index is 12.3.